The van der Waals surface area contributed by atoms with Gasteiger partial charge in [-0.1, -0.05) is 134 Å². The Hall–Kier alpha value is -2.34. The first-order chi connectivity index (χ1) is 18.3. The highest BCUT2D eigenvalue weighted by Crippen LogP contribution is 2.58. The summed E-state index contributed by atoms with van der Waals surface area (Å²) < 4.78 is 14.5. The van der Waals surface area contributed by atoms with Crippen molar-refractivity contribution in [1.82, 2.24) is 0 Å². The van der Waals surface area contributed by atoms with Crippen LogP contribution in [0.5, 0.6) is 0 Å². The summed E-state index contributed by atoms with van der Waals surface area (Å²) in [4.78, 5) is 0. The van der Waals surface area contributed by atoms with Crippen molar-refractivity contribution in [3.63, 3.8) is 0 Å². The van der Waals surface area contributed by atoms with E-state index in [0.29, 0.717) is 0 Å². The van der Waals surface area contributed by atoms with Crippen LogP contribution in [0, 0.1) is 5.41 Å². The number of benzene rings is 4. The maximum Gasteiger partial charge on any atom is 0.0921 e. The molecule has 4 aromatic carbocycles. The quantitative estimate of drug-likeness (QED) is 0.227. The van der Waals surface area contributed by atoms with Gasteiger partial charge in [0.2, 0.25) is 0 Å². The highest BCUT2D eigenvalue weighted by Gasteiger charge is 2.54. The van der Waals surface area contributed by atoms with Crippen LogP contribution < -0.4 is 21.2 Å². The second-order valence-electron chi connectivity index (χ2n) is 10.1. The van der Waals surface area contributed by atoms with E-state index in [2.05, 4.69) is 121 Å². The van der Waals surface area contributed by atoms with Gasteiger partial charge >= 0.3 is 0 Å². The van der Waals surface area contributed by atoms with Crippen molar-refractivity contribution in [2.75, 3.05) is 0 Å². The summed E-state index contributed by atoms with van der Waals surface area (Å²) in [5, 5.41) is 5.16. The van der Waals surface area contributed by atoms with Crippen LogP contribution in [-0.2, 0) is 9.05 Å². The third-order valence-electron chi connectivity index (χ3n) is 7.93. The summed E-state index contributed by atoms with van der Waals surface area (Å²) in [5.74, 6) is 0. The van der Waals surface area contributed by atoms with Gasteiger partial charge in [-0.3, -0.25) is 0 Å². The van der Waals surface area contributed by atoms with Crippen molar-refractivity contribution in [2.24, 2.45) is 5.41 Å². The van der Waals surface area contributed by atoms with Crippen LogP contribution in [0.25, 0.3) is 0 Å². The maximum absolute atomic E-state index is 7.24. The molecule has 0 N–H and O–H groups in total. The molecule has 0 heterocycles. The highest BCUT2D eigenvalue weighted by molar-refractivity contribution is 7.68. The maximum atomic E-state index is 7.24. The van der Waals surface area contributed by atoms with E-state index < -0.39 is 16.3 Å². The largest absolute Gasteiger partial charge is 0.346 e. The molecule has 2 aliphatic carbocycles. The molecule has 37 heavy (non-hydrogen) atoms. The summed E-state index contributed by atoms with van der Waals surface area (Å²) in [6.45, 7) is 0. The Balaban J connectivity index is 1.31. The Morgan fingerprint density at radius 1 is 0.459 bits per heavy atom. The number of hydrogen-bond acceptors (Lipinski definition) is 2. The Morgan fingerprint density at radius 3 is 1.05 bits per heavy atom. The minimum atomic E-state index is -0.881. The number of rotatable bonds is 8. The van der Waals surface area contributed by atoms with Crippen LogP contribution in [0.4, 0.5) is 0 Å². The first kappa shape index (κ1) is 25.0. The second-order valence-corrected chi connectivity index (χ2v) is 13.8. The van der Waals surface area contributed by atoms with Gasteiger partial charge < -0.3 is 9.05 Å². The van der Waals surface area contributed by atoms with E-state index in [1.54, 1.807) is 0 Å². The van der Waals surface area contributed by atoms with Crippen molar-refractivity contribution < 1.29 is 9.05 Å². The lowest BCUT2D eigenvalue weighted by molar-refractivity contribution is 0.00841. The summed E-state index contributed by atoms with van der Waals surface area (Å²) in [7, 11) is -1.76. The average Bonchev–Trinajstić information content (AvgIpc) is 3.58. The predicted molar refractivity (Wildman–Crippen MR) is 158 cm³/mol. The fourth-order valence-corrected chi connectivity index (χ4v) is 10.1. The normalized spacial score (nSPS) is 23.3. The topological polar surface area (TPSA) is 18.5 Å². The van der Waals surface area contributed by atoms with Gasteiger partial charge in [0, 0.05) is 26.6 Å². The fourth-order valence-electron chi connectivity index (χ4n) is 6.15. The summed E-state index contributed by atoms with van der Waals surface area (Å²) in [6.07, 6.45) is 7.49. The Bertz CT molecular complexity index is 1070. The highest BCUT2D eigenvalue weighted by atomic mass is 31.1. The number of hydrogen-bond donors (Lipinski definition) is 0. The molecule has 0 radical (unpaired) electrons. The minimum Gasteiger partial charge on any atom is -0.346 e. The molecule has 6 rings (SSSR count). The zero-order chi connectivity index (χ0) is 24.9. The van der Waals surface area contributed by atoms with Gasteiger partial charge in [0.25, 0.3) is 0 Å². The molecule has 0 saturated heterocycles. The van der Waals surface area contributed by atoms with E-state index in [9.17, 15) is 0 Å². The third kappa shape index (κ3) is 5.32. The van der Waals surface area contributed by atoms with E-state index in [-0.39, 0.29) is 17.6 Å². The van der Waals surface area contributed by atoms with Gasteiger partial charge in [0.1, 0.15) is 0 Å². The van der Waals surface area contributed by atoms with Crippen molar-refractivity contribution in [3.05, 3.63) is 121 Å². The van der Waals surface area contributed by atoms with E-state index in [1.165, 1.54) is 46.9 Å². The molecule has 2 saturated carbocycles. The Kier molecular flexibility index (Phi) is 7.82. The van der Waals surface area contributed by atoms with Crippen LogP contribution in [0.15, 0.2) is 121 Å². The molecule has 2 fully saturated rings. The van der Waals surface area contributed by atoms with Gasteiger partial charge in [-0.05, 0) is 25.7 Å². The Labute approximate surface area is 223 Å². The molecule has 3 atom stereocenters. The molecule has 1 spiro atoms. The average molecular weight is 525 g/mol. The zero-order valence-electron chi connectivity index (χ0n) is 21.2. The van der Waals surface area contributed by atoms with Gasteiger partial charge in [-0.25, -0.2) is 0 Å². The third-order valence-corrected chi connectivity index (χ3v) is 11.9. The molecule has 4 aromatic rings. The molecule has 2 nitrogen and oxygen atoms in total. The molecule has 4 heteroatoms. The van der Waals surface area contributed by atoms with E-state index in [0.717, 1.165) is 12.8 Å². The molecule has 0 aromatic heterocycles. The van der Waals surface area contributed by atoms with Crippen LogP contribution in [0.1, 0.15) is 38.5 Å². The SMILES string of the molecule is c1ccc(P(OC2CCCC23CCC[C@@H]3OP(c2ccccc2)c2ccccc2)c2ccccc2)cc1. The molecule has 0 bridgehead atoms. The van der Waals surface area contributed by atoms with Crippen molar-refractivity contribution in [2.45, 2.75) is 50.7 Å². The lowest BCUT2D eigenvalue weighted by Crippen LogP contribution is -2.41. The van der Waals surface area contributed by atoms with Crippen LogP contribution in [0.3, 0.4) is 0 Å². The van der Waals surface area contributed by atoms with Gasteiger partial charge in [0.05, 0.1) is 28.5 Å². The van der Waals surface area contributed by atoms with Gasteiger partial charge in [-0.15, -0.1) is 0 Å². The first-order valence-corrected chi connectivity index (χ1v) is 16.0. The molecule has 0 amide bonds. The predicted octanol–water partition coefficient (Wildman–Crippen LogP) is 7.21. The van der Waals surface area contributed by atoms with E-state index >= 15 is 0 Å². The molecule has 188 valence electrons. The van der Waals surface area contributed by atoms with E-state index in [1.807, 2.05) is 0 Å². The summed E-state index contributed by atoms with van der Waals surface area (Å²) in [6, 6.07) is 43.3. The first-order valence-electron chi connectivity index (χ1n) is 13.5. The Morgan fingerprint density at radius 2 is 0.757 bits per heavy atom. The smallest absolute Gasteiger partial charge is 0.0921 e. The van der Waals surface area contributed by atoms with Crippen LogP contribution >= 0.6 is 16.3 Å². The van der Waals surface area contributed by atoms with Crippen LogP contribution in [-0.4, -0.2) is 12.2 Å². The zero-order valence-corrected chi connectivity index (χ0v) is 22.9. The second kappa shape index (κ2) is 11.6. The lowest BCUT2D eigenvalue weighted by atomic mass is 9.80. The van der Waals surface area contributed by atoms with Crippen LogP contribution in [0.2, 0.25) is 0 Å². The molecule has 0 aliphatic heterocycles. The van der Waals surface area contributed by atoms with Crippen molar-refractivity contribution >= 4 is 37.5 Å². The molecular formula is C33H34O2P2. The fraction of sp³-hybridized carbons (Fsp3) is 0.273. The summed E-state index contributed by atoms with van der Waals surface area (Å²) in [5.41, 5.74) is 0.0916. The van der Waals surface area contributed by atoms with Gasteiger partial charge in [0.15, 0.2) is 0 Å². The molecule has 2 unspecified atom stereocenters. The van der Waals surface area contributed by atoms with E-state index in [4.69, 9.17) is 9.05 Å². The molecule has 2 aliphatic rings. The van der Waals surface area contributed by atoms with Crippen molar-refractivity contribution in [3.8, 4) is 0 Å². The standard InChI is InChI=1S/C33H34O2P2/c1-5-15-27(16-6-1)36(28-17-7-2-8-18-28)34-31-23-13-25-33(31)26-14-24-32(33)35-37(29-19-9-3-10-20-29)30-21-11-4-12-22-30/h1-12,15-22,31-32H,13-14,23-26H2/t31-,32?,33?/m0/s1. The monoisotopic (exact) mass is 524 g/mol. The molecular weight excluding hydrogens is 490 g/mol. The lowest BCUT2D eigenvalue weighted by Gasteiger charge is -2.40. The minimum absolute atomic E-state index is 0.0916. The van der Waals surface area contributed by atoms with Gasteiger partial charge in [-0.2, -0.15) is 0 Å². The summed E-state index contributed by atoms with van der Waals surface area (Å²) >= 11 is 0. The van der Waals surface area contributed by atoms with Crippen molar-refractivity contribution in [1.29, 1.82) is 0 Å².